The van der Waals surface area contributed by atoms with Gasteiger partial charge in [-0.2, -0.15) is 0 Å². The van der Waals surface area contributed by atoms with Crippen molar-refractivity contribution < 1.29 is 26.8 Å². The quantitative estimate of drug-likeness (QED) is 0.332. The third kappa shape index (κ3) is 6.46. The molecule has 0 aromatic carbocycles. The van der Waals surface area contributed by atoms with Gasteiger partial charge in [-0.05, 0) is 77.5 Å². The van der Waals surface area contributed by atoms with Crippen LogP contribution < -0.4 is 21.3 Å². The lowest BCUT2D eigenvalue weighted by Crippen LogP contribution is -2.81. The van der Waals surface area contributed by atoms with Crippen molar-refractivity contribution in [2.45, 2.75) is 132 Å². The number of urea groups is 1. The van der Waals surface area contributed by atoms with Crippen LogP contribution in [0.4, 0.5) is 13.6 Å². The van der Waals surface area contributed by atoms with E-state index in [1.165, 1.54) is 6.08 Å². The number of carbonyl (C=O) groups is 2. The average molecular weight is 684 g/mol. The Bertz CT molecular complexity index is 1290. The molecule has 6 rings (SSSR count). The number of piperazine rings is 1. The number of hydrogen-bond donors (Lipinski definition) is 4. The van der Waals surface area contributed by atoms with E-state index >= 15 is 8.78 Å². The van der Waals surface area contributed by atoms with Gasteiger partial charge in [0.2, 0.25) is 5.91 Å². The third-order valence-electron chi connectivity index (χ3n) is 12.1. The van der Waals surface area contributed by atoms with Crippen LogP contribution in [0, 0.1) is 17.8 Å². The summed E-state index contributed by atoms with van der Waals surface area (Å²) in [6.07, 6.45) is 0.0295. The third-order valence-corrected chi connectivity index (χ3v) is 14.4. The maximum atomic E-state index is 16.7. The SMILES string of the molecule is C=CC(=O)N1C[C@H](C)N(C2NC(=O)N3C4NC(C(F)CC42)C2C(F)CCCC2NCCCS(=O)(=O)C2CCNC(C(C)C)C23)C[C@H]1C. The number of carbonyl (C=O) groups excluding carboxylic acids is 2. The van der Waals surface area contributed by atoms with Gasteiger partial charge in [0.15, 0.2) is 9.84 Å². The van der Waals surface area contributed by atoms with Gasteiger partial charge in [-0.25, -0.2) is 22.0 Å². The average Bonchev–Trinajstić information content (AvgIpc) is 3.03. The Morgan fingerprint density at radius 3 is 2.49 bits per heavy atom. The first-order valence-corrected chi connectivity index (χ1v) is 19.6. The first-order valence-electron chi connectivity index (χ1n) is 17.8. The molecule has 2 bridgehead atoms. The molecule has 6 aliphatic rings. The first kappa shape index (κ1) is 35.0. The maximum absolute atomic E-state index is 16.7. The molecule has 11 unspecified atom stereocenters. The molecule has 0 radical (unpaired) electrons. The van der Waals surface area contributed by atoms with E-state index in [1.54, 1.807) is 9.80 Å². The van der Waals surface area contributed by atoms with Gasteiger partial charge in [0.05, 0.1) is 29.4 Å². The number of halogens is 2. The molecule has 4 N–H and O–H groups in total. The minimum atomic E-state index is -3.63. The zero-order valence-corrected chi connectivity index (χ0v) is 29.1. The highest BCUT2D eigenvalue weighted by atomic mass is 32.2. The molecule has 266 valence electrons. The predicted octanol–water partition coefficient (Wildman–Crippen LogP) is 1.76. The molecule has 11 nitrogen and oxygen atoms in total. The van der Waals surface area contributed by atoms with Crippen LogP contribution >= 0.6 is 0 Å². The number of rotatable bonds is 3. The van der Waals surface area contributed by atoms with Crippen LogP contribution in [0.25, 0.3) is 0 Å². The Kier molecular flexibility index (Phi) is 10.3. The zero-order chi connectivity index (χ0) is 33.8. The van der Waals surface area contributed by atoms with E-state index in [9.17, 15) is 18.0 Å². The lowest BCUT2D eigenvalue weighted by molar-refractivity contribution is -0.136. The Morgan fingerprint density at radius 1 is 1.00 bits per heavy atom. The number of alkyl halides is 2. The molecule has 5 heterocycles. The number of nitrogens with zero attached hydrogens (tertiary/aromatic N) is 3. The van der Waals surface area contributed by atoms with E-state index in [2.05, 4.69) is 32.7 Å². The van der Waals surface area contributed by atoms with E-state index in [0.717, 1.165) is 0 Å². The Balaban J connectivity index is 1.43. The van der Waals surface area contributed by atoms with Crippen molar-refractivity contribution in [3.8, 4) is 0 Å². The van der Waals surface area contributed by atoms with Crippen molar-refractivity contribution in [3.63, 3.8) is 0 Å². The molecule has 0 aromatic heterocycles. The molecule has 6 fully saturated rings. The summed E-state index contributed by atoms with van der Waals surface area (Å²) in [7, 11) is -3.63. The van der Waals surface area contributed by atoms with Gasteiger partial charge >= 0.3 is 6.03 Å². The van der Waals surface area contributed by atoms with E-state index in [0.29, 0.717) is 58.3 Å². The standard InChI is InChI=1S/C33H55F2N7O4S/c1-6-26(43)40-16-20(5)41(17-19(40)4)31-21-15-23(35)29-27-22(34)9-7-10-24(27)36-12-8-14-47(45,46)25-11-13-37-28(18(2)3)30(25)42(32(21)38-29)33(44)39-31/h6,18-25,27-32,36-38H,1,7-17H2,2-5H3,(H,39,44)/t19-,20+,21?,22?,23?,24?,25?,27?,28?,29?,30?,31?,32?/m1/s1. The predicted molar refractivity (Wildman–Crippen MR) is 177 cm³/mol. The summed E-state index contributed by atoms with van der Waals surface area (Å²) in [6.45, 7) is 13.5. The number of hydrogen-bond acceptors (Lipinski definition) is 8. The van der Waals surface area contributed by atoms with E-state index in [-0.39, 0.29) is 48.2 Å². The van der Waals surface area contributed by atoms with E-state index < -0.39 is 69.7 Å². The number of amides is 3. The van der Waals surface area contributed by atoms with Crippen molar-refractivity contribution in [1.82, 2.24) is 36.0 Å². The van der Waals surface area contributed by atoms with E-state index in [1.807, 2.05) is 27.7 Å². The lowest BCUT2D eigenvalue weighted by Gasteiger charge is -2.60. The zero-order valence-electron chi connectivity index (χ0n) is 28.3. The van der Waals surface area contributed by atoms with Crippen LogP contribution in [0.5, 0.6) is 0 Å². The van der Waals surface area contributed by atoms with Crippen LogP contribution in [0.15, 0.2) is 12.7 Å². The van der Waals surface area contributed by atoms with Crippen LogP contribution in [0.3, 0.4) is 0 Å². The summed E-state index contributed by atoms with van der Waals surface area (Å²) in [6, 6.07) is -2.83. The number of sulfone groups is 1. The fourth-order valence-electron chi connectivity index (χ4n) is 9.83. The molecule has 3 amide bonds. The first-order chi connectivity index (χ1) is 22.3. The van der Waals surface area contributed by atoms with Gasteiger partial charge in [-0.1, -0.05) is 20.4 Å². The molecule has 5 saturated heterocycles. The van der Waals surface area contributed by atoms with Crippen molar-refractivity contribution >= 4 is 21.8 Å². The highest BCUT2D eigenvalue weighted by molar-refractivity contribution is 7.92. The monoisotopic (exact) mass is 683 g/mol. The summed E-state index contributed by atoms with van der Waals surface area (Å²) >= 11 is 0. The van der Waals surface area contributed by atoms with Gasteiger partial charge < -0.3 is 25.8 Å². The summed E-state index contributed by atoms with van der Waals surface area (Å²) in [5.74, 6) is -1.26. The molecule has 0 aromatic rings. The van der Waals surface area contributed by atoms with E-state index in [4.69, 9.17) is 0 Å². The minimum absolute atomic E-state index is 0.0157. The summed E-state index contributed by atoms with van der Waals surface area (Å²) in [5.41, 5.74) is 0. The van der Waals surface area contributed by atoms with Gasteiger partial charge in [-0.3, -0.25) is 15.0 Å². The van der Waals surface area contributed by atoms with Crippen LogP contribution in [0.1, 0.15) is 66.2 Å². The Hall–Kier alpha value is -1.87. The van der Waals surface area contributed by atoms with Gasteiger partial charge in [0.25, 0.3) is 0 Å². The van der Waals surface area contributed by atoms with Crippen LogP contribution in [-0.2, 0) is 14.6 Å². The van der Waals surface area contributed by atoms with Gasteiger partial charge in [0, 0.05) is 55.1 Å². The molecule has 47 heavy (non-hydrogen) atoms. The lowest BCUT2D eigenvalue weighted by atomic mass is 9.72. The maximum Gasteiger partial charge on any atom is 0.320 e. The Morgan fingerprint density at radius 2 is 1.77 bits per heavy atom. The minimum Gasteiger partial charge on any atom is -0.334 e. The second-order valence-electron chi connectivity index (χ2n) is 15.3. The van der Waals surface area contributed by atoms with Crippen molar-refractivity contribution in [2.75, 3.05) is 31.9 Å². The van der Waals surface area contributed by atoms with Gasteiger partial charge in [-0.15, -0.1) is 0 Å². The second-order valence-corrected chi connectivity index (χ2v) is 17.6. The molecule has 13 atom stereocenters. The Labute approximate surface area is 278 Å². The number of nitrogens with one attached hydrogen (secondary N) is 4. The molecule has 5 aliphatic heterocycles. The summed E-state index contributed by atoms with van der Waals surface area (Å²) in [4.78, 5) is 32.8. The molecule has 1 saturated carbocycles. The second kappa shape index (κ2) is 13.8. The fraction of sp³-hybridized carbons (Fsp3) is 0.879. The largest absolute Gasteiger partial charge is 0.334 e. The topological polar surface area (TPSA) is 126 Å². The van der Waals surface area contributed by atoms with Crippen LogP contribution in [-0.4, -0.2) is 133 Å². The molecule has 1 aliphatic carbocycles. The van der Waals surface area contributed by atoms with Crippen molar-refractivity contribution in [3.05, 3.63) is 12.7 Å². The normalized spacial score (nSPS) is 44.6. The molecular formula is C33H55F2N7O4S. The van der Waals surface area contributed by atoms with Crippen molar-refractivity contribution in [1.29, 1.82) is 0 Å². The smallest absolute Gasteiger partial charge is 0.320 e. The fourth-order valence-corrected chi connectivity index (χ4v) is 11.9. The summed E-state index contributed by atoms with van der Waals surface area (Å²) < 4.78 is 60.9. The van der Waals surface area contributed by atoms with Crippen LogP contribution in [0.2, 0.25) is 0 Å². The molecular weight excluding hydrogens is 628 g/mol. The molecule has 14 heteroatoms. The number of piperidine rings is 2. The van der Waals surface area contributed by atoms with Gasteiger partial charge in [0.1, 0.15) is 12.3 Å². The molecule has 0 spiro atoms. The number of fused-ring (bicyclic) bond motifs is 5. The van der Waals surface area contributed by atoms with Crippen molar-refractivity contribution in [2.24, 2.45) is 17.8 Å². The highest BCUT2D eigenvalue weighted by Gasteiger charge is 2.58. The summed E-state index contributed by atoms with van der Waals surface area (Å²) in [5, 5.41) is 12.9. The highest BCUT2D eigenvalue weighted by Crippen LogP contribution is 2.42.